The molecule has 0 radical (unpaired) electrons. The molecule has 32 heavy (non-hydrogen) atoms. The molecule has 5 rings (SSSR count). The molecule has 0 bridgehead atoms. The number of methoxy groups -OCH3 is 1. The van der Waals surface area contributed by atoms with Gasteiger partial charge in [-0.1, -0.05) is 0 Å². The molecule has 4 nitrogen and oxygen atoms in total. The fourth-order valence-corrected chi connectivity index (χ4v) is 7.48. The van der Waals surface area contributed by atoms with Gasteiger partial charge in [0.15, 0.2) is 5.78 Å². The molecular weight excluding hydrogens is 416 g/mol. The summed E-state index contributed by atoms with van der Waals surface area (Å²) < 4.78 is 5.32. The molecule has 2 aliphatic heterocycles. The van der Waals surface area contributed by atoms with Crippen LogP contribution >= 0.6 is 10.0 Å². The Labute approximate surface area is 192 Å². The fraction of sp³-hybridized carbons (Fsp3) is 0.296. The molecule has 166 valence electrons. The van der Waals surface area contributed by atoms with Crippen LogP contribution in [0, 0.1) is 0 Å². The Balaban J connectivity index is 1.61. The SMILES string of the molecule is CCN(c1ccc(OC)cc1)c1ccc2c(c1)S(C)(C)c1cc3c(cc1C2=O)CCN3C. The zero-order chi connectivity index (χ0) is 22.6. The van der Waals surface area contributed by atoms with E-state index in [4.69, 9.17) is 4.74 Å². The lowest BCUT2D eigenvalue weighted by Gasteiger charge is -2.40. The third-order valence-electron chi connectivity index (χ3n) is 6.87. The Morgan fingerprint density at radius 3 is 2.34 bits per heavy atom. The number of carbonyl (C=O) groups is 1. The van der Waals surface area contributed by atoms with Gasteiger partial charge in [0, 0.05) is 58.1 Å². The molecular formula is C27H30N2O2S. The standard InChI is InChI=1S/C27H30N2O2S/c1-6-29(19-7-10-21(31-3)11-8-19)20-9-12-22-25(16-20)32(4,5)26-17-24-18(13-14-28(24)2)15-23(26)27(22)30/h7-12,15-17H,6,13-14H2,1-5H3. The molecule has 0 aliphatic carbocycles. The molecule has 0 spiro atoms. The number of carbonyl (C=O) groups excluding carboxylic acids is 1. The van der Waals surface area contributed by atoms with Crippen LogP contribution in [0.1, 0.15) is 28.4 Å². The highest BCUT2D eigenvalue weighted by Crippen LogP contribution is 2.63. The third kappa shape index (κ3) is 3.10. The van der Waals surface area contributed by atoms with Crippen LogP contribution in [-0.2, 0) is 6.42 Å². The summed E-state index contributed by atoms with van der Waals surface area (Å²) >= 11 is 0. The van der Waals surface area contributed by atoms with Crippen molar-refractivity contribution in [1.82, 2.24) is 0 Å². The van der Waals surface area contributed by atoms with Crippen LogP contribution in [0.15, 0.2) is 64.4 Å². The predicted octanol–water partition coefficient (Wildman–Crippen LogP) is 5.87. The summed E-state index contributed by atoms with van der Waals surface area (Å²) in [6.07, 6.45) is 5.67. The van der Waals surface area contributed by atoms with Crippen LogP contribution in [0.25, 0.3) is 0 Å². The van der Waals surface area contributed by atoms with Gasteiger partial charge in [0.2, 0.25) is 0 Å². The smallest absolute Gasteiger partial charge is 0.195 e. The van der Waals surface area contributed by atoms with E-state index in [1.54, 1.807) is 7.11 Å². The fourth-order valence-electron chi connectivity index (χ4n) is 5.01. The highest BCUT2D eigenvalue weighted by Gasteiger charge is 2.36. The summed E-state index contributed by atoms with van der Waals surface area (Å²) in [7, 11) is 2.50. The Bertz CT molecular complexity index is 1220. The van der Waals surface area contributed by atoms with E-state index >= 15 is 0 Å². The first-order valence-corrected chi connectivity index (χ1v) is 13.5. The minimum atomic E-state index is -1.33. The predicted molar refractivity (Wildman–Crippen MR) is 135 cm³/mol. The molecule has 0 atom stereocenters. The molecule has 0 fully saturated rings. The van der Waals surface area contributed by atoms with Gasteiger partial charge in [0.1, 0.15) is 5.75 Å². The first kappa shape index (κ1) is 21.0. The second-order valence-electron chi connectivity index (χ2n) is 8.93. The van der Waals surface area contributed by atoms with Gasteiger partial charge in [-0.15, -0.1) is 0 Å². The van der Waals surface area contributed by atoms with Crippen LogP contribution in [0.5, 0.6) is 5.75 Å². The lowest BCUT2D eigenvalue weighted by atomic mass is 9.99. The lowest BCUT2D eigenvalue weighted by Crippen LogP contribution is -2.21. The summed E-state index contributed by atoms with van der Waals surface area (Å²) in [5.41, 5.74) is 6.58. The maximum absolute atomic E-state index is 13.5. The van der Waals surface area contributed by atoms with E-state index < -0.39 is 10.0 Å². The van der Waals surface area contributed by atoms with E-state index in [0.29, 0.717) is 0 Å². The van der Waals surface area contributed by atoms with E-state index in [1.165, 1.54) is 21.0 Å². The van der Waals surface area contributed by atoms with E-state index in [-0.39, 0.29) is 5.78 Å². The maximum atomic E-state index is 13.5. The van der Waals surface area contributed by atoms with Gasteiger partial charge in [0.05, 0.1) is 7.11 Å². The number of rotatable bonds is 4. The number of anilines is 3. The minimum Gasteiger partial charge on any atom is -0.497 e. The molecule has 0 unspecified atom stereocenters. The van der Waals surface area contributed by atoms with Crippen molar-refractivity contribution in [3.05, 3.63) is 71.3 Å². The zero-order valence-corrected chi connectivity index (χ0v) is 20.3. The molecule has 5 heteroatoms. The van der Waals surface area contributed by atoms with Gasteiger partial charge < -0.3 is 14.5 Å². The number of fused-ring (bicyclic) bond motifs is 3. The molecule has 3 aromatic rings. The number of nitrogens with zero attached hydrogens (tertiary/aromatic N) is 2. The van der Waals surface area contributed by atoms with E-state index in [1.807, 2.05) is 18.2 Å². The Morgan fingerprint density at radius 2 is 1.66 bits per heavy atom. The van der Waals surface area contributed by atoms with Crippen molar-refractivity contribution in [3.63, 3.8) is 0 Å². The molecule has 2 aliphatic rings. The van der Waals surface area contributed by atoms with Crippen molar-refractivity contribution < 1.29 is 9.53 Å². The lowest BCUT2D eigenvalue weighted by molar-refractivity contribution is 0.103. The number of benzene rings is 3. The van der Waals surface area contributed by atoms with Crippen molar-refractivity contribution in [2.75, 3.05) is 49.6 Å². The van der Waals surface area contributed by atoms with Gasteiger partial charge in [0.25, 0.3) is 0 Å². The van der Waals surface area contributed by atoms with Crippen molar-refractivity contribution in [1.29, 1.82) is 0 Å². The van der Waals surface area contributed by atoms with Crippen molar-refractivity contribution >= 4 is 32.9 Å². The number of hydrogen-bond donors (Lipinski definition) is 0. The van der Waals surface area contributed by atoms with Crippen molar-refractivity contribution in [2.24, 2.45) is 0 Å². The van der Waals surface area contributed by atoms with Gasteiger partial charge in [-0.25, -0.2) is 0 Å². The zero-order valence-electron chi connectivity index (χ0n) is 19.4. The first-order chi connectivity index (χ1) is 15.3. The van der Waals surface area contributed by atoms with Crippen molar-refractivity contribution in [3.8, 4) is 5.75 Å². The van der Waals surface area contributed by atoms with Crippen LogP contribution in [0.3, 0.4) is 0 Å². The summed E-state index contributed by atoms with van der Waals surface area (Å²) in [5.74, 6) is 1.01. The van der Waals surface area contributed by atoms with Gasteiger partial charge in [-0.2, -0.15) is 10.0 Å². The molecule has 0 saturated heterocycles. The largest absolute Gasteiger partial charge is 0.497 e. The molecule has 0 aromatic heterocycles. The topological polar surface area (TPSA) is 32.8 Å². The van der Waals surface area contributed by atoms with Gasteiger partial charge >= 0.3 is 0 Å². The quantitative estimate of drug-likeness (QED) is 0.502. The molecule has 0 saturated carbocycles. The Hall–Kier alpha value is -2.92. The monoisotopic (exact) mass is 446 g/mol. The average Bonchev–Trinajstić information content (AvgIpc) is 3.18. The molecule has 3 aromatic carbocycles. The number of ketones is 1. The number of likely N-dealkylation sites (N-methyl/N-ethyl adjacent to an activating group) is 1. The normalized spacial score (nSPS) is 16.8. The molecule has 2 heterocycles. The van der Waals surface area contributed by atoms with Crippen molar-refractivity contribution in [2.45, 2.75) is 23.1 Å². The number of hydrogen-bond acceptors (Lipinski definition) is 4. The first-order valence-electron chi connectivity index (χ1n) is 11.1. The second kappa shape index (κ2) is 7.59. The maximum Gasteiger partial charge on any atom is 0.195 e. The van der Waals surface area contributed by atoms with E-state index in [0.717, 1.165) is 47.8 Å². The summed E-state index contributed by atoms with van der Waals surface area (Å²) in [4.78, 5) is 20.5. The Kier molecular flexibility index (Phi) is 4.97. The number of ether oxygens (including phenoxy) is 1. The van der Waals surface area contributed by atoms with E-state index in [2.05, 4.69) is 72.7 Å². The summed E-state index contributed by atoms with van der Waals surface area (Å²) in [6.45, 7) is 4.01. The summed E-state index contributed by atoms with van der Waals surface area (Å²) in [5, 5.41) is 0. The van der Waals surface area contributed by atoms with Gasteiger partial charge in [-0.3, -0.25) is 4.79 Å². The third-order valence-corrected chi connectivity index (χ3v) is 9.75. The van der Waals surface area contributed by atoms with E-state index in [9.17, 15) is 4.79 Å². The van der Waals surface area contributed by atoms with Crippen LogP contribution in [0.2, 0.25) is 0 Å². The molecule has 0 N–H and O–H groups in total. The highest BCUT2D eigenvalue weighted by molar-refractivity contribution is 8.32. The average molecular weight is 447 g/mol. The highest BCUT2D eigenvalue weighted by atomic mass is 32.3. The van der Waals surface area contributed by atoms with Gasteiger partial charge in [-0.05, 0) is 86.0 Å². The summed E-state index contributed by atoms with van der Waals surface area (Å²) in [6, 6.07) is 19.0. The molecule has 0 amide bonds. The van der Waals surface area contributed by atoms with Crippen LogP contribution in [-0.4, -0.2) is 45.5 Å². The van der Waals surface area contributed by atoms with Crippen LogP contribution < -0.4 is 14.5 Å². The second-order valence-corrected chi connectivity index (χ2v) is 12.5. The Morgan fingerprint density at radius 1 is 0.969 bits per heavy atom. The van der Waals surface area contributed by atoms with Crippen LogP contribution in [0.4, 0.5) is 17.1 Å². The minimum absolute atomic E-state index is 0.165.